The van der Waals surface area contributed by atoms with Crippen LogP contribution in [-0.2, 0) is 0 Å². The Balaban J connectivity index is 1.86. The summed E-state index contributed by atoms with van der Waals surface area (Å²) in [5.41, 5.74) is 0.362. The van der Waals surface area contributed by atoms with Crippen LogP contribution >= 0.6 is 0 Å². The molecule has 0 aliphatic carbocycles. The van der Waals surface area contributed by atoms with E-state index in [1.165, 1.54) is 51.7 Å². The first-order valence-electron chi connectivity index (χ1n) is 7.10. The van der Waals surface area contributed by atoms with Crippen LogP contribution in [0.2, 0.25) is 0 Å². The molecule has 2 aliphatic heterocycles. The summed E-state index contributed by atoms with van der Waals surface area (Å²) in [4.78, 5) is 2.75. The molecule has 2 heterocycles. The van der Waals surface area contributed by atoms with E-state index in [2.05, 4.69) is 31.0 Å². The molecule has 2 fully saturated rings. The van der Waals surface area contributed by atoms with Gasteiger partial charge in [-0.25, -0.2) is 0 Å². The Kier molecular flexibility index (Phi) is 3.91. The smallest absolute Gasteiger partial charge is 0.0238 e. The van der Waals surface area contributed by atoms with Crippen molar-refractivity contribution < 1.29 is 0 Å². The van der Waals surface area contributed by atoms with Crippen LogP contribution in [0.15, 0.2) is 0 Å². The Bertz CT molecular complexity index is 225. The summed E-state index contributed by atoms with van der Waals surface area (Å²) in [7, 11) is 0. The molecule has 2 atom stereocenters. The van der Waals surface area contributed by atoms with Crippen LogP contribution in [0, 0.1) is 5.92 Å². The van der Waals surface area contributed by atoms with Gasteiger partial charge in [-0.2, -0.15) is 0 Å². The maximum absolute atomic E-state index is 3.65. The molecule has 1 N–H and O–H groups in total. The van der Waals surface area contributed by atoms with Crippen molar-refractivity contribution >= 4 is 0 Å². The van der Waals surface area contributed by atoms with Gasteiger partial charge in [-0.3, -0.25) is 4.90 Å². The van der Waals surface area contributed by atoms with Crippen molar-refractivity contribution in [2.75, 3.05) is 19.6 Å². The molecule has 94 valence electrons. The number of hydrogen-bond donors (Lipinski definition) is 1. The lowest BCUT2D eigenvalue weighted by molar-refractivity contribution is 0.207. The zero-order valence-electron chi connectivity index (χ0n) is 11.3. The fourth-order valence-electron chi connectivity index (χ4n) is 3.35. The summed E-state index contributed by atoms with van der Waals surface area (Å²) >= 11 is 0. The molecule has 0 spiro atoms. The van der Waals surface area contributed by atoms with Crippen molar-refractivity contribution in [3.63, 3.8) is 0 Å². The number of nitrogens with zero attached hydrogens (tertiary/aromatic N) is 1. The van der Waals surface area contributed by atoms with Crippen molar-refractivity contribution in [2.24, 2.45) is 5.92 Å². The Morgan fingerprint density at radius 1 is 1.25 bits per heavy atom. The Morgan fingerprint density at radius 3 is 2.69 bits per heavy atom. The van der Waals surface area contributed by atoms with Crippen LogP contribution in [0.5, 0.6) is 0 Å². The second-order valence-electron chi connectivity index (χ2n) is 6.36. The maximum atomic E-state index is 3.65. The quantitative estimate of drug-likeness (QED) is 0.776. The van der Waals surface area contributed by atoms with Crippen molar-refractivity contribution in [3.8, 4) is 0 Å². The molecule has 0 aromatic carbocycles. The van der Waals surface area contributed by atoms with E-state index in [0.29, 0.717) is 5.54 Å². The minimum absolute atomic E-state index is 0.362. The highest BCUT2D eigenvalue weighted by molar-refractivity contribution is 4.94. The summed E-state index contributed by atoms with van der Waals surface area (Å²) in [5.74, 6) is 0.993. The normalized spacial score (nSPS) is 36.2. The molecule has 2 aliphatic rings. The number of hydrogen-bond acceptors (Lipinski definition) is 2. The van der Waals surface area contributed by atoms with E-state index < -0.39 is 0 Å². The second kappa shape index (κ2) is 5.05. The molecule has 2 rings (SSSR count). The predicted octanol–water partition coefficient (Wildman–Crippen LogP) is 2.64. The van der Waals surface area contributed by atoms with Gasteiger partial charge in [0.05, 0.1) is 0 Å². The lowest BCUT2D eigenvalue weighted by Gasteiger charge is -2.27. The molecule has 2 nitrogen and oxygen atoms in total. The third-order valence-corrected chi connectivity index (χ3v) is 4.54. The average Bonchev–Trinajstić information content (AvgIpc) is 2.50. The highest BCUT2D eigenvalue weighted by Gasteiger charge is 2.34. The van der Waals surface area contributed by atoms with Crippen LogP contribution in [-0.4, -0.2) is 36.1 Å². The van der Waals surface area contributed by atoms with Gasteiger partial charge in [-0.15, -0.1) is 0 Å². The Morgan fingerprint density at radius 2 is 2.06 bits per heavy atom. The molecule has 0 aromatic rings. The Hall–Kier alpha value is -0.0800. The van der Waals surface area contributed by atoms with Crippen LogP contribution in [0.25, 0.3) is 0 Å². The molecule has 0 bridgehead atoms. The molecule has 0 radical (unpaired) electrons. The third-order valence-electron chi connectivity index (χ3n) is 4.54. The van der Waals surface area contributed by atoms with Gasteiger partial charge in [-0.05, 0) is 58.5 Å². The highest BCUT2D eigenvalue weighted by atomic mass is 15.2. The van der Waals surface area contributed by atoms with E-state index >= 15 is 0 Å². The van der Waals surface area contributed by atoms with Gasteiger partial charge in [0.1, 0.15) is 0 Å². The first-order valence-corrected chi connectivity index (χ1v) is 7.10. The van der Waals surface area contributed by atoms with Gasteiger partial charge in [0.2, 0.25) is 0 Å². The van der Waals surface area contributed by atoms with Gasteiger partial charge in [0.25, 0.3) is 0 Å². The van der Waals surface area contributed by atoms with Crippen molar-refractivity contribution in [1.82, 2.24) is 10.2 Å². The molecular weight excluding hydrogens is 196 g/mol. The zero-order chi connectivity index (χ0) is 11.6. The van der Waals surface area contributed by atoms with E-state index in [-0.39, 0.29) is 0 Å². The van der Waals surface area contributed by atoms with E-state index in [9.17, 15) is 0 Å². The fourth-order valence-corrected chi connectivity index (χ4v) is 3.35. The monoisotopic (exact) mass is 224 g/mol. The van der Waals surface area contributed by atoms with Gasteiger partial charge >= 0.3 is 0 Å². The largest absolute Gasteiger partial charge is 0.310 e. The van der Waals surface area contributed by atoms with Gasteiger partial charge < -0.3 is 5.32 Å². The zero-order valence-corrected chi connectivity index (χ0v) is 11.3. The summed E-state index contributed by atoms with van der Waals surface area (Å²) in [5, 5.41) is 3.65. The summed E-state index contributed by atoms with van der Waals surface area (Å²) in [6, 6.07) is 0.797. The molecule has 0 aromatic heterocycles. The lowest BCUT2D eigenvalue weighted by Crippen LogP contribution is -2.37. The van der Waals surface area contributed by atoms with Gasteiger partial charge in [0.15, 0.2) is 0 Å². The minimum Gasteiger partial charge on any atom is -0.310 e. The molecular formula is C14H28N2. The Labute approximate surface area is 101 Å². The van der Waals surface area contributed by atoms with Crippen molar-refractivity contribution in [1.29, 1.82) is 0 Å². The van der Waals surface area contributed by atoms with Gasteiger partial charge in [-0.1, -0.05) is 13.3 Å². The van der Waals surface area contributed by atoms with Crippen molar-refractivity contribution in [3.05, 3.63) is 0 Å². The van der Waals surface area contributed by atoms with Crippen molar-refractivity contribution in [2.45, 2.75) is 64.5 Å². The van der Waals surface area contributed by atoms with Crippen LogP contribution in [0.3, 0.4) is 0 Å². The first-order chi connectivity index (χ1) is 7.61. The number of likely N-dealkylation sites (tertiary alicyclic amines) is 1. The first kappa shape index (κ1) is 12.4. The lowest BCUT2D eigenvalue weighted by atomic mass is 9.98. The fraction of sp³-hybridized carbons (Fsp3) is 1.00. The summed E-state index contributed by atoms with van der Waals surface area (Å²) in [6.45, 7) is 10.9. The van der Waals surface area contributed by atoms with Crippen LogP contribution in [0.4, 0.5) is 0 Å². The summed E-state index contributed by atoms with van der Waals surface area (Å²) in [6.07, 6.45) is 6.99. The highest BCUT2D eigenvalue weighted by Crippen LogP contribution is 2.26. The molecule has 2 heteroatoms. The number of rotatable bonds is 2. The third kappa shape index (κ3) is 2.98. The summed E-state index contributed by atoms with van der Waals surface area (Å²) < 4.78 is 0. The second-order valence-corrected chi connectivity index (χ2v) is 6.36. The van der Waals surface area contributed by atoms with E-state index in [0.717, 1.165) is 12.0 Å². The van der Waals surface area contributed by atoms with E-state index in [1.54, 1.807) is 0 Å². The maximum Gasteiger partial charge on any atom is 0.0238 e. The number of nitrogens with one attached hydrogen (secondary N) is 1. The molecule has 2 unspecified atom stereocenters. The van der Waals surface area contributed by atoms with E-state index in [1.807, 2.05) is 0 Å². The standard InChI is InChI=1S/C14H28N2/c1-4-12-6-5-8-16(9-7-12)13-10-14(2,3)15-11-13/h12-13,15H,4-11H2,1-3H3. The minimum atomic E-state index is 0.362. The molecule has 2 saturated heterocycles. The molecule has 16 heavy (non-hydrogen) atoms. The van der Waals surface area contributed by atoms with Crippen LogP contribution in [0.1, 0.15) is 52.9 Å². The van der Waals surface area contributed by atoms with Crippen LogP contribution < -0.4 is 5.32 Å². The topological polar surface area (TPSA) is 15.3 Å². The van der Waals surface area contributed by atoms with E-state index in [4.69, 9.17) is 0 Å². The predicted molar refractivity (Wildman–Crippen MR) is 69.7 cm³/mol. The molecule has 0 saturated carbocycles. The van der Waals surface area contributed by atoms with Gasteiger partial charge in [0, 0.05) is 18.1 Å². The average molecular weight is 224 g/mol. The molecule has 0 amide bonds. The SMILES string of the molecule is CCC1CCCN(C2CNC(C)(C)C2)CC1.